The van der Waals surface area contributed by atoms with Crippen LogP contribution in [0.3, 0.4) is 0 Å². The second kappa shape index (κ2) is 6.63. The highest BCUT2D eigenvalue weighted by Gasteiger charge is 2.58. The summed E-state index contributed by atoms with van der Waals surface area (Å²) in [6.07, 6.45) is 4.88. The molecule has 0 bridgehead atoms. The lowest BCUT2D eigenvalue weighted by Crippen LogP contribution is -2.35. The topological polar surface area (TPSA) is 114 Å². The third kappa shape index (κ3) is 3.03. The van der Waals surface area contributed by atoms with E-state index in [0.29, 0.717) is 29.9 Å². The molecule has 2 aromatic rings. The van der Waals surface area contributed by atoms with Gasteiger partial charge in [0.15, 0.2) is 5.82 Å². The van der Waals surface area contributed by atoms with E-state index < -0.39 is 0 Å². The molecule has 28 heavy (non-hydrogen) atoms. The highest BCUT2D eigenvalue weighted by molar-refractivity contribution is 6.32. The second-order valence-corrected chi connectivity index (χ2v) is 8.45. The number of carbonyl (C=O) groups is 1. The van der Waals surface area contributed by atoms with Crippen molar-refractivity contribution in [3.8, 4) is 6.07 Å². The monoisotopic (exact) mass is 400 g/mol. The van der Waals surface area contributed by atoms with Crippen LogP contribution in [0.5, 0.6) is 0 Å². The summed E-state index contributed by atoms with van der Waals surface area (Å²) in [4.78, 5) is 25.0. The molecule has 2 atom stereocenters. The largest absolute Gasteiger partial charge is 0.354 e. The minimum absolute atomic E-state index is 0.0728. The van der Waals surface area contributed by atoms with Crippen LogP contribution in [0, 0.1) is 22.2 Å². The predicted octanol–water partition coefficient (Wildman–Crippen LogP) is 2.19. The maximum Gasteiger partial charge on any atom is 0.236 e. The predicted molar refractivity (Wildman–Crippen MR) is 104 cm³/mol. The fourth-order valence-corrected chi connectivity index (χ4v) is 4.46. The van der Waals surface area contributed by atoms with E-state index in [1.54, 1.807) is 18.6 Å². The van der Waals surface area contributed by atoms with Gasteiger partial charge in [0.1, 0.15) is 11.4 Å². The lowest BCUT2D eigenvalue weighted by atomic mass is 9.71. The van der Waals surface area contributed by atoms with Gasteiger partial charge in [0.05, 0.1) is 24.2 Å². The Hall–Kier alpha value is -2.86. The molecule has 4 heterocycles. The van der Waals surface area contributed by atoms with Gasteiger partial charge in [-0.25, -0.2) is 4.98 Å². The molecule has 4 rings (SSSR count). The van der Waals surface area contributed by atoms with E-state index in [1.807, 2.05) is 11.0 Å². The summed E-state index contributed by atoms with van der Waals surface area (Å²) in [5.74, 6) is 1.02. The molecule has 2 aliphatic rings. The highest BCUT2D eigenvalue weighted by Crippen LogP contribution is 2.52. The van der Waals surface area contributed by atoms with Gasteiger partial charge < -0.3 is 15.1 Å². The third-order valence-electron chi connectivity index (χ3n) is 5.98. The standard InChI is InChI=1S/C18H21ClN8O/c1-17-8-26(14(28)3-4-20)9-18(17,2)11-27(10-17)15-13(19)7-21-16(25-15)24-12-5-22-23-6-12/h5-7H,3,8-11H2,1-2H3,(H,22,23)(H,21,24,25). The van der Waals surface area contributed by atoms with Crippen LogP contribution in [0.15, 0.2) is 18.6 Å². The first-order valence-electron chi connectivity index (χ1n) is 9.02. The zero-order valence-electron chi connectivity index (χ0n) is 15.7. The Kier molecular flexibility index (Phi) is 4.38. The molecule has 2 saturated heterocycles. The average molecular weight is 401 g/mol. The fraction of sp³-hybridized carbons (Fsp3) is 0.500. The number of carbonyl (C=O) groups excluding carboxylic acids is 1. The van der Waals surface area contributed by atoms with E-state index in [1.165, 1.54) is 0 Å². The van der Waals surface area contributed by atoms with Gasteiger partial charge in [-0.05, 0) is 0 Å². The first kappa shape index (κ1) is 18.5. The van der Waals surface area contributed by atoms with Crippen molar-refractivity contribution in [3.05, 3.63) is 23.6 Å². The van der Waals surface area contributed by atoms with Crippen molar-refractivity contribution >= 4 is 35.0 Å². The Balaban J connectivity index is 1.55. The van der Waals surface area contributed by atoms with Crippen molar-refractivity contribution in [1.29, 1.82) is 5.26 Å². The van der Waals surface area contributed by atoms with Crippen molar-refractivity contribution in [3.63, 3.8) is 0 Å². The number of rotatable bonds is 4. The number of nitriles is 1. The highest BCUT2D eigenvalue weighted by atomic mass is 35.5. The number of likely N-dealkylation sites (tertiary alicyclic amines) is 1. The molecule has 2 unspecified atom stereocenters. The first-order valence-corrected chi connectivity index (χ1v) is 9.39. The van der Waals surface area contributed by atoms with Gasteiger partial charge in [0.2, 0.25) is 11.9 Å². The van der Waals surface area contributed by atoms with Crippen molar-refractivity contribution in [1.82, 2.24) is 25.1 Å². The van der Waals surface area contributed by atoms with E-state index in [4.69, 9.17) is 16.9 Å². The Bertz CT molecular complexity index is 922. The fourth-order valence-electron chi connectivity index (χ4n) is 4.25. The Morgan fingerprint density at radius 3 is 2.64 bits per heavy atom. The quantitative estimate of drug-likeness (QED) is 0.808. The molecule has 0 aromatic carbocycles. The Morgan fingerprint density at radius 1 is 1.32 bits per heavy atom. The van der Waals surface area contributed by atoms with Crippen LogP contribution in [0.2, 0.25) is 5.02 Å². The van der Waals surface area contributed by atoms with Crippen LogP contribution in [-0.2, 0) is 4.79 Å². The van der Waals surface area contributed by atoms with E-state index >= 15 is 0 Å². The summed E-state index contributed by atoms with van der Waals surface area (Å²) in [5, 5.41) is 19.0. The number of nitrogens with zero attached hydrogens (tertiary/aromatic N) is 6. The zero-order valence-corrected chi connectivity index (χ0v) is 16.5. The number of amides is 1. The average Bonchev–Trinajstić information content (AvgIpc) is 3.29. The Labute approximate surface area is 167 Å². The van der Waals surface area contributed by atoms with Crippen LogP contribution in [0.1, 0.15) is 20.3 Å². The summed E-state index contributed by atoms with van der Waals surface area (Å²) >= 11 is 6.41. The van der Waals surface area contributed by atoms with Gasteiger partial charge in [-0.15, -0.1) is 0 Å². The number of hydrogen-bond donors (Lipinski definition) is 2. The molecule has 2 aliphatic heterocycles. The molecule has 1 amide bonds. The van der Waals surface area contributed by atoms with Crippen LogP contribution in [-0.4, -0.2) is 57.2 Å². The summed E-state index contributed by atoms with van der Waals surface area (Å²) in [6.45, 7) is 7.08. The maximum atomic E-state index is 12.2. The third-order valence-corrected chi connectivity index (χ3v) is 6.25. The van der Waals surface area contributed by atoms with Crippen LogP contribution >= 0.6 is 11.6 Å². The number of halogens is 1. The van der Waals surface area contributed by atoms with Crippen molar-refractivity contribution in [2.75, 3.05) is 36.4 Å². The maximum absolute atomic E-state index is 12.2. The van der Waals surface area contributed by atoms with Gasteiger partial charge in [-0.1, -0.05) is 25.4 Å². The number of H-pyrrole nitrogens is 1. The lowest BCUT2D eigenvalue weighted by Gasteiger charge is -2.29. The Morgan fingerprint density at radius 2 is 2.04 bits per heavy atom. The van der Waals surface area contributed by atoms with E-state index in [2.05, 4.69) is 44.2 Å². The number of nitrogens with one attached hydrogen (secondary N) is 2. The molecule has 0 saturated carbocycles. The van der Waals surface area contributed by atoms with Gasteiger partial charge in [0, 0.05) is 43.2 Å². The number of anilines is 3. The number of fused-ring (bicyclic) bond motifs is 1. The van der Waals surface area contributed by atoms with Crippen molar-refractivity contribution in [2.45, 2.75) is 20.3 Å². The molecule has 2 aromatic heterocycles. The van der Waals surface area contributed by atoms with Gasteiger partial charge >= 0.3 is 0 Å². The molecular formula is C18H21ClN8O. The van der Waals surface area contributed by atoms with E-state index in [9.17, 15) is 4.79 Å². The SMILES string of the molecule is CC12CN(C(=O)CC#N)CC1(C)CN(c1nc(Nc3cn[nH]c3)ncc1Cl)C2. The lowest BCUT2D eigenvalue weighted by molar-refractivity contribution is -0.129. The molecule has 0 spiro atoms. The van der Waals surface area contributed by atoms with E-state index in [0.717, 1.165) is 18.8 Å². The zero-order chi connectivity index (χ0) is 19.9. The molecular weight excluding hydrogens is 380 g/mol. The van der Waals surface area contributed by atoms with Gasteiger partial charge in [-0.2, -0.15) is 15.3 Å². The minimum Gasteiger partial charge on any atom is -0.354 e. The summed E-state index contributed by atoms with van der Waals surface area (Å²) in [6, 6.07) is 1.95. The van der Waals surface area contributed by atoms with E-state index in [-0.39, 0.29) is 23.2 Å². The molecule has 146 valence electrons. The van der Waals surface area contributed by atoms with Crippen LogP contribution < -0.4 is 10.2 Å². The molecule has 2 N–H and O–H groups in total. The first-order chi connectivity index (χ1) is 13.3. The van der Waals surface area contributed by atoms with Crippen molar-refractivity contribution < 1.29 is 4.79 Å². The minimum atomic E-state index is -0.107. The van der Waals surface area contributed by atoms with Gasteiger partial charge in [-0.3, -0.25) is 9.89 Å². The number of aromatic nitrogens is 4. The molecule has 0 radical (unpaired) electrons. The molecule has 0 aliphatic carbocycles. The summed E-state index contributed by atoms with van der Waals surface area (Å²) in [5.41, 5.74) is 0.548. The molecule has 2 fully saturated rings. The smallest absolute Gasteiger partial charge is 0.236 e. The summed E-state index contributed by atoms with van der Waals surface area (Å²) < 4.78 is 0. The van der Waals surface area contributed by atoms with Gasteiger partial charge in [0.25, 0.3) is 0 Å². The molecule has 9 nitrogen and oxygen atoms in total. The normalized spacial score (nSPS) is 26.2. The van der Waals surface area contributed by atoms with Crippen LogP contribution in [0.4, 0.5) is 17.5 Å². The van der Waals surface area contributed by atoms with Crippen LogP contribution in [0.25, 0.3) is 0 Å². The van der Waals surface area contributed by atoms with Crippen molar-refractivity contribution in [2.24, 2.45) is 10.8 Å². The second-order valence-electron chi connectivity index (χ2n) is 8.04. The number of aromatic amines is 1. The number of hydrogen-bond acceptors (Lipinski definition) is 7. The summed E-state index contributed by atoms with van der Waals surface area (Å²) in [7, 11) is 0. The molecule has 10 heteroatoms.